The first-order valence-electron chi connectivity index (χ1n) is 6.49. The number of aliphatic imine (C=N–C) groups is 1. The van der Waals surface area contributed by atoms with Crippen molar-refractivity contribution in [2.45, 2.75) is 12.8 Å². The van der Waals surface area contributed by atoms with E-state index >= 15 is 0 Å². The minimum atomic E-state index is -4.70. The number of ether oxygens (including phenoxy) is 1. The van der Waals surface area contributed by atoms with Crippen molar-refractivity contribution in [3.05, 3.63) is 45.1 Å². The predicted molar refractivity (Wildman–Crippen MR) is 104 cm³/mol. The monoisotopic (exact) mass is 535 g/mol. The summed E-state index contributed by atoms with van der Waals surface area (Å²) >= 11 is 5.02. The van der Waals surface area contributed by atoms with E-state index in [4.69, 9.17) is 5.73 Å². The van der Waals surface area contributed by atoms with Crippen molar-refractivity contribution >= 4 is 62.9 Å². The number of anilines is 1. The molecule has 0 bridgehead atoms. The maximum Gasteiger partial charge on any atom is 0.573 e. The first kappa shape index (κ1) is 21.0. The van der Waals surface area contributed by atoms with Crippen LogP contribution in [0, 0.1) is 0 Å². The number of guanidine groups is 1. The Morgan fingerprint density at radius 3 is 2.42 bits per heavy atom. The summed E-state index contributed by atoms with van der Waals surface area (Å²) in [6.07, 6.45) is -3.94. The van der Waals surface area contributed by atoms with E-state index in [-0.39, 0.29) is 35.7 Å². The van der Waals surface area contributed by atoms with E-state index in [1.54, 1.807) is 11.3 Å². The second-order valence-corrected chi connectivity index (χ2v) is 6.97. The van der Waals surface area contributed by atoms with E-state index in [2.05, 4.69) is 31.0 Å². The Balaban J connectivity index is 0.00000288. The van der Waals surface area contributed by atoms with Crippen molar-refractivity contribution in [2.24, 2.45) is 10.7 Å². The average molecular weight is 536 g/mol. The fourth-order valence-electron chi connectivity index (χ4n) is 1.70. The molecule has 0 saturated carbocycles. The Labute approximate surface area is 166 Å². The van der Waals surface area contributed by atoms with Gasteiger partial charge in [0.25, 0.3) is 0 Å². The van der Waals surface area contributed by atoms with E-state index in [0.29, 0.717) is 12.2 Å². The number of benzene rings is 1. The summed E-state index contributed by atoms with van der Waals surface area (Å²) in [4.78, 5) is 5.35. The standard InChI is InChI=1S/C14H13BrF3N3OS.HI/c15-12-6-5-11(23-12)7-8-20-13(19)21-9-1-3-10(4-2-9)22-14(16,17)18;/h1-6H,7-8H2,(H3,19,20,21);1H. The molecule has 4 nitrogen and oxygen atoms in total. The molecule has 0 atom stereocenters. The number of nitrogens with two attached hydrogens (primary N) is 1. The Morgan fingerprint density at radius 2 is 1.88 bits per heavy atom. The van der Waals surface area contributed by atoms with Gasteiger partial charge in [-0.3, -0.25) is 4.99 Å². The van der Waals surface area contributed by atoms with Crippen molar-refractivity contribution in [3.8, 4) is 5.75 Å². The Bertz CT molecular complexity index is 677. The summed E-state index contributed by atoms with van der Waals surface area (Å²) < 4.78 is 41.0. The lowest BCUT2D eigenvalue weighted by atomic mass is 10.3. The topological polar surface area (TPSA) is 59.6 Å². The molecule has 0 radical (unpaired) electrons. The number of nitrogens with zero attached hydrogens (tertiary/aromatic N) is 1. The molecule has 0 fully saturated rings. The molecule has 0 amide bonds. The van der Waals surface area contributed by atoms with Crippen LogP contribution in [-0.4, -0.2) is 18.9 Å². The molecular formula is C14H14BrF3IN3OS. The molecule has 0 unspecified atom stereocenters. The van der Waals surface area contributed by atoms with E-state index in [1.807, 2.05) is 12.1 Å². The molecule has 24 heavy (non-hydrogen) atoms. The van der Waals surface area contributed by atoms with E-state index < -0.39 is 6.36 Å². The van der Waals surface area contributed by atoms with Crippen molar-refractivity contribution in [2.75, 3.05) is 11.9 Å². The number of hydrogen-bond acceptors (Lipinski definition) is 3. The van der Waals surface area contributed by atoms with Crippen LogP contribution in [0.15, 0.2) is 45.2 Å². The van der Waals surface area contributed by atoms with Gasteiger partial charge in [-0.1, -0.05) is 0 Å². The molecule has 10 heteroatoms. The number of thiophene rings is 1. The lowest BCUT2D eigenvalue weighted by Crippen LogP contribution is -2.23. The molecule has 3 N–H and O–H groups in total. The van der Waals surface area contributed by atoms with Gasteiger partial charge >= 0.3 is 6.36 Å². The maximum absolute atomic E-state index is 12.1. The van der Waals surface area contributed by atoms with Crippen LogP contribution in [0.4, 0.5) is 18.9 Å². The van der Waals surface area contributed by atoms with Gasteiger partial charge in [0.2, 0.25) is 0 Å². The molecule has 2 rings (SSSR count). The molecule has 1 aromatic heterocycles. The van der Waals surface area contributed by atoms with Crippen molar-refractivity contribution < 1.29 is 17.9 Å². The van der Waals surface area contributed by atoms with Crippen molar-refractivity contribution in [3.63, 3.8) is 0 Å². The van der Waals surface area contributed by atoms with Crippen molar-refractivity contribution in [1.82, 2.24) is 0 Å². The Kier molecular flexibility index (Phi) is 8.30. The van der Waals surface area contributed by atoms with Gasteiger partial charge in [-0.15, -0.1) is 48.5 Å². The van der Waals surface area contributed by atoms with Gasteiger partial charge in [0, 0.05) is 23.5 Å². The third kappa shape index (κ3) is 7.71. The highest BCUT2D eigenvalue weighted by atomic mass is 127. The zero-order chi connectivity index (χ0) is 16.9. The van der Waals surface area contributed by atoms with Crippen LogP contribution in [0.3, 0.4) is 0 Å². The lowest BCUT2D eigenvalue weighted by molar-refractivity contribution is -0.274. The number of halogens is 5. The number of hydrogen-bond donors (Lipinski definition) is 2. The van der Waals surface area contributed by atoms with Crippen LogP contribution in [0.5, 0.6) is 5.75 Å². The number of rotatable bonds is 5. The quantitative estimate of drug-likeness (QED) is 0.322. The van der Waals surface area contributed by atoms with Crippen LogP contribution in [0.25, 0.3) is 0 Å². The highest BCUT2D eigenvalue weighted by Gasteiger charge is 2.30. The van der Waals surface area contributed by atoms with E-state index in [9.17, 15) is 13.2 Å². The average Bonchev–Trinajstić information content (AvgIpc) is 2.85. The van der Waals surface area contributed by atoms with Crippen LogP contribution in [0.1, 0.15) is 4.88 Å². The summed E-state index contributed by atoms with van der Waals surface area (Å²) in [6.45, 7) is 0.515. The predicted octanol–water partition coefficient (Wildman–Crippen LogP) is 5.00. The van der Waals surface area contributed by atoms with E-state index in [0.717, 1.165) is 10.2 Å². The summed E-state index contributed by atoms with van der Waals surface area (Å²) in [7, 11) is 0. The largest absolute Gasteiger partial charge is 0.573 e. The lowest BCUT2D eigenvalue weighted by Gasteiger charge is -2.10. The molecule has 0 aliphatic carbocycles. The van der Waals surface area contributed by atoms with Gasteiger partial charge in [-0.2, -0.15) is 0 Å². The molecule has 1 heterocycles. The van der Waals surface area contributed by atoms with Gasteiger partial charge in [-0.25, -0.2) is 0 Å². The van der Waals surface area contributed by atoms with Crippen LogP contribution >= 0.6 is 51.2 Å². The molecular weight excluding hydrogens is 522 g/mol. The fraction of sp³-hybridized carbons (Fsp3) is 0.214. The number of alkyl halides is 3. The summed E-state index contributed by atoms with van der Waals surface area (Å²) in [6, 6.07) is 9.24. The van der Waals surface area contributed by atoms with Gasteiger partial charge in [0.15, 0.2) is 5.96 Å². The summed E-state index contributed by atoms with van der Waals surface area (Å²) in [5, 5.41) is 2.81. The van der Waals surface area contributed by atoms with Crippen LogP contribution in [-0.2, 0) is 6.42 Å². The SMILES string of the molecule is I.NC(=NCCc1ccc(Br)s1)Nc1ccc(OC(F)(F)F)cc1. The minimum Gasteiger partial charge on any atom is -0.406 e. The minimum absolute atomic E-state index is 0. The molecule has 0 saturated heterocycles. The summed E-state index contributed by atoms with van der Waals surface area (Å²) in [5.74, 6) is -0.0908. The summed E-state index contributed by atoms with van der Waals surface area (Å²) in [5.41, 5.74) is 6.26. The molecule has 0 aliphatic rings. The Morgan fingerprint density at radius 1 is 1.21 bits per heavy atom. The molecule has 0 aliphatic heterocycles. The van der Waals surface area contributed by atoms with Gasteiger partial charge < -0.3 is 15.8 Å². The van der Waals surface area contributed by atoms with Crippen LogP contribution in [0.2, 0.25) is 0 Å². The normalized spacial score (nSPS) is 11.8. The molecule has 132 valence electrons. The Hall–Kier alpha value is -1.01. The van der Waals surface area contributed by atoms with Gasteiger partial charge in [-0.05, 0) is 52.3 Å². The van der Waals surface area contributed by atoms with Crippen LogP contribution < -0.4 is 15.8 Å². The molecule has 1 aromatic carbocycles. The zero-order valence-corrected chi connectivity index (χ0v) is 16.9. The highest BCUT2D eigenvalue weighted by Crippen LogP contribution is 2.24. The first-order chi connectivity index (χ1) is 10.8. The van der Waals surface area contributed by atoms with E-state index in [1.165, 1.54) is 29.1 Å². The van der Waals surface area contributed by atoms with Gasteiger partial charge in [0.1, 0.15) is 5.75 Å². The van der Waals surface area contributed by atoms with Crippen molar-refractivity contribution in [1.29, 1.82) is 0 Å². The fourth-order valence-corrected chi connectivity index (χ4v) is 3.17. The van der Waals surface area contributed by atoms with Gasteiger partial charge in [0.05, 0.1) is 3.79 Å². The third-order valence-corrected chi connectivity index (χ3v) is 4.31. The third-order valence-electron chi connectivity index (χ3n) is 2.63. The second-order valence-electron chi connectivity index (χ2n) is 4.42. The second kappa shape index (κ2) is 9.47. The zero-order valence-electron chi connectivity index (χ0n) is 12.1. The number of nitrogens with one attached hydrogen (secondary N) is 1. The smallest absolute Gasteiger partial charge is 0.406 e. The molecule has 0 spiro atoms. The first-order valence-corrected chi connectivity index (χ1v) is 8.10. The maximum atomic E-state index is 12.1. The molecule has 2 aromatic rings. The highest BCUT2D eigenvalue weighted by molar-refractivity contribution is 14.0.